The predicted molar refractivity (Wildman–Crippen MR) is 63.2 cm³/mol. The van der Waals surface area contributed by atoms with E-state index in [0.717, 1.165) is 19.3 Å². The van der Waals surface area contributed by atoms with Gasteiger partial charge in [-0.05, 0) is 19.8 Å². The van der Waals surface area contributed by atoms with Gasteiger partial charge in [-0.2, -0.15) is 0 Å². The Bertz CT molecular complexity index is 204. The number of rotatable bonds is 8. The fourth-order valence-corrected chi connectivity index (χ4v) is 2.76. The van der Waals surface area contributed by atoms with Crippen LogP contribution in [0.5, 0.6) is 0 Å². The quantitative estimate of drug-likeness (QED) is 0.478. The summed E-state index contributed by atoms with van der Waals surface area (Å²) in [5.41, 5.74) is 0. The fraction of sp³-hybridized carbons (Fsp3) is 0.909. The molecule has 0 aromatic heterocycles. The van der Waals surface area contributed by atoms with Crippen LogP contribution in [0.15, 0.2) is 0 Å². The second-order valence-electron chi connectivity index (χ2n) is 3.44. The molecule has 0 spiro atoms. The number of carbonyl (C=O) groups is 1. The number of hydrogen-bond donors (Lipinski definition) is 0. The molecular formula is C11H22O3S. The highest BCUT2D eigenvalue weighted by Crippen LogP contribution is 2.08. The first kappa shape index (κ1) is 14.6. The van der Waals surface area contributed by atoms with Crippen LogP contribution >= 0.6 is 0 Å². The second-order valence-corrected chi connectivity index (χ2v) is 5.18. The van der Waals surface area contributed by atoms with Gasteiger partial charge >= 0.3 is 5.97 Å². The first-order valence-corrected chi connectivity index (χ1v) is 7.09. The lowest BCUT2D eigenvalue weighted by Gasteiger charge is -2.12. The van der Waals surface area contributed by atoms with E-state index in [0.29, 0.717) is 18.8 Å². The topological polar surface area (TPSA) is 43.4 Å². The van der Waals surface area contributed by atoms with E-state index in [1.165, 1.54) is 0 Å². The largest absolute Gasteiger partial charge is 0.465 e. The Kier molecular flexibility index (Phi) is 8.67. The third kappa shape index (κ3) is 5.92. The van der Waals surface area contributed by atoms with Crippen molar-refractivity contribution >= 4 is 16.8 Å². The highest BCUT2D eigenvalue weighted by molar-refractivity contribution is 7.86. The minimum atomic E-state index is -1.07. The highest BCUT2D eigenvalue weighted by Gasteiger charge is 2.23. The van der Waals surface area contributed by atoms with E-state index in [-0.39, 0.29) is 5.97 Å². The van der Waals surface area contributed by atoms with Crippen molar-refractivity contribution in [1.29, 1.82) is 0 Å². The summed E-state index contributed by atoms with van der Waals surface area (Å²) in [6, 6.07) is 0. The van der Waals surface area contributed by atoms with Gasteiger partial charge in [-0.15, -0.1) is 0 Å². The minimum absolute atomic E-state index is 0.310. The molecule has 2 atom stereocenters. The molecule has 0 aliphatic heterocycles. The average Bonchev–Trinajstić information content (AvgIpc) is 2.19. The summed E-state index contributed by atoms with van der Waals surface area (Å²) in [5, 5.41) is -0.429. The Morgan fingerprint density at radius 2 is 1.93 bits per heavy atom. The molecule has 15 heavy (non-hydrogen) atoms. The van der Waals surface area contributed by atoms with Gasteiger partial charge in [-0.25, -0.2) is 0 Å². The van der Waals surface area contributed by atoms with E-state index in [4.69, 9.17) is 4.74 Å². The molecule has 3 nitrogen and oxygen atoms in total. The van der Waals surface area contributed by atoms with Crippen molar-refractivity contribution in [2.45, 2.75) is 51.7 Å². The molecule has 0 N–H and O–H groups in total. The maximum absolute atomic E-state index is 11.8. The van der Waals surface area contributed by atoms with Crippen LogP contribution in [-0.4, -0.2) is 27.8 Å². The van der Waals surface area contributed by atoms with Crippen molar-refractivity contribution in [3.05, 3.63) is 0 Å². The summed E-state index contributed by atoms with van der Waals surface area (Å²) in [6.07, 6.45) is 3.70. The van der Waals surface area contributed by atoms with Gasteiger partial charge in [0, 0.05) is 16.6 Å². The first-order chi connectivity index (χ1) is 7.17. The Labute approximate surface area is 95.0 Å². The van der Waals surface area contributed by atoms with Gasteiger partial charge in [-0.1, -0.05) is 26.7 Å². The van der Waals surface area contributed by atoms with E-state index in [1.54, 1.807) is 6.92 Å². The predicted octanol–water partition coefficient (Wildman–Crippen LogP) is 2.27. The van der Waals surface area contributed by atoms with Crippen LogP contribution < -0.4 is 0 Å². The maximum Gasteiger partial charge on any atom is 0.321 e. The molecule has 90 valence electrons. The Morgan fingerprint density at radius 1 is 1.27 bits per heavy atom. The van der Waals surface area contributed by atoms with Crippen LogP contribution in [0, 0.1) is 0 Å². The molecule has 0 aliphatic rings. The third-order valence-electron chi connectivity index (χ3n) is 2.19. The maximum atomic E-state index is 11.8. The van der Waals surface area contributed by atoms with Crippen LogP contribution in [0.25, 0.3) is 0 Å². The molecule has 0 saturated carbocycles. The van der Waals surface area contributed by atoms with E-state index in [2.05, 4.69) is 6.92 Å². The van der Waals surface area contributed by atoms with Crippen LogP contribution in [0.4, 0.5) is 0 Å². The summed E-state index contributed by atoms with van der Waals surface area (Å²) in [4.78, 5) is 11.4. The van der Waals surface area contributed by atoms with Crippen molar-refractivity contribution in [1.82, 2.24) is 0 Å². The van der Waals surface area contributed by atoms with Crippen LogP contribution in [0.3, 0.4) is 0 Å². The number of hydrogen-bond acceptors (Lipinski definition) is 3. The number of unbranched alkanes of at least 4 members (excludes halogenated alkanes) is 2. The van der Waals surface area contributed by atoms with Gasteiger partial charge in [0.2, 0.25) is 0 Å². The van der Waals surface area contributed by atoms with Gasteiger partial charge in [0.1, 0.15) is 5.25 Å². The lowest BCUT2D eigenvalue weighted by atomic mass is 10.3. The molecule has 0 bridgehead atoms. The summed E-state index contributed by atoms with van der Waals surface area (Å²) in [7, 11) is -1.07. The van der Waals surface area contributed by atoms with E-state index < -0.39 is 16.0 Å². The van der Waals surface area contributed by atoms with Gasteiger partial charge in [0.25, 0.3) is 0 Å². The molecule has 4 heteroatoms. The molecule has 0 rings (SSSR count). The number of ether oxygens (including phenoxy) is 1. The van der Waals surface area contributed by atoms with Crippen molar-refractivity contribution in [3.63, 3.8) is 0 Å². The van der Waals surface area contributed by atoms with Crippen LogP contribution in [0.1, 0.15) is 46.5 Å². The zero-order chi connectivity index (χ0) is 11.7. The lowest BCUT2D eigenvalue weighted by Crippen LogP contribution is -2.29. The van der Waals surface area contributed by atoms with Crippen molar-refractivity contribution < 1.29 is 13.7 Å². The van der Waals surface area contributed by atoms with E-state index >= 15 is 0 Å². The molecule has 2 unspecified atom stereocenters. The highest BCUT2D eigenvalue weighted by atomic mass is 32.2. The van der Waals surface area contributed by atoms with E-state index in [9.17, 15) is 9.00 Å². The van der Waals surface area contributed by atoms with Crippen molar-refractivity contribution in [2.24, 2.45) is 0 Å². The zero-order valence-corrected chi connectivity index (χ0v) is 10.8. The van der Waals surface area contributed by atoms with Crippen LogP contribution in [-0.2, 0) is 20.3 Å². The Hall–Kier alpha value is -0.380. The van der Waals surface area contributed by atoms with Gasteiger partial charge in [0.15, 0.2) is 0 Å². The molecule has 0 fully saturated rings. The molecule has 0 aromatic carbocycles. The molecule has 0 heterocycles. The Morgan fingerprint density at radius 3 is 2.40 bits per heavy atom. The van der Waals surface area contributed by atoms with Crippen LogP contribution in [0.2, 0.25) is 0 Å². The summed E-state index contributed by atoms with van der Waals surface area (Å²) < 4.78 is 16.7. The average molecular weight is 234 g/mol. The molecular weight excluding hydrogens is 212 g/mol. The number of carbonyl (C=O) groups excluding carboxylic acids is 1. The van der Waals surface area contributed by atoms with Gasteiger partial charge in [-0.3, -0.25) is 9.00 Å². The monoisotopic (exact) mass is 234 g/mol. The smallest absolute Gasteiger partial charge is 0.321 e. The second kappa shape index (κ2) is 8.89. The fourth-order valence-electron chi connectivity index (χ4n) is 1.33. The summed E-state index contributed by atoms with van der Waals surface area (Å²) in [5.74, 6) is 0.306. The molecule has 0 radical (unpaired) electrons. The number of esters is 1. The normalized spacial score (nSPS) is 14.6. The van der Waals surface area contributed by atoms with Gasteiger partial charge in [0.05, 0.1) is 6.61 Å². The minimum Gasteiger partial charge on any atom is -0.465 e. The Balaban J connectivity index is 4.03. The molecule has 0 amide bonds. The third-order valence-corrected chi connectivity index (χ3v) is 4.04. The van der Waals surface area contributed by atoms with Crippen molar-refractivity contribution in [2.75, 3.05) is 12.4 Å². The summed E-state index contributed by atoms with van der Waals surface area (Å²) >= 11 is 0. The molecule has 0 aromatic rings. The van der Waals surface area contributed by atoms with Gasteiger partial charge < -0.3 is 4.74 Å². The lowest BCUT2D eigenvalue weighted by molar-refractivity contribution is -0.142. The van der Waals surface area contributed by atoms with E-state index in [1.807, 2.05) is 6.92 Å². The SMILES string of the molecule is CCCCCS(=O)C(CC)C(=O)OCC. The van der Waals surface area contributed by atoms with Crippen molar-refractivity contribution in [3.8, 4) is 0 Å². The molecule has 0 saturated heterocycles. The summed E-state index contributed by atoms with van der Waals surface area (Å²) in [6.45, 7) is 6.11. The molecule has 0 aliphatic carbocycles. The zero-order valence-electron chi connectivity index (χ0n) is 9.95. The standard InChI is InChI=1S/C11H22O3S/c1-4-7-8-9-15(13)10(5-2)11(12)14-6-3/h10H,4-9H2,1-3H3. The first-order valence-electron chi connectivity index (χ1n) is 5.71.